The quantitative estimate of drug-likeness (QED) is 0.848. The number of rotatable bonds is 4. The molecule has 1 saturated carbocycles. The first-order chi connectivity index (χ1) is 13.5. The molecule has 1 aliphatic heterocycles. The van der Waals surface area contributed by atoms with Crippen LogP contribution in [-0.2, 0) is 7.05 Å². The molecule has 0 bridgehead atoms. The lowest BCUT2D eigenvalue weighted by Crippen LogP contribution is -2.50. The highest BCUT2D eigenvalue weighted by molar-refractivity contribution is 5.89. The number of aryl methyl sites for hydroxylation is 1. The molecular weight excluding hydrogens is 361 g/mol. The molecule has 1 atom stereocenters. The average Bonchev–Trinajstić information content (AvgIpc) is 3.51. The number of amides is 2. The molecule has 1 saturated heterocycles. The number of hydrogen-bond donors (Lipinski definition) is 2. The molecule has 1 aromatic carbocycles. The number of nitrogens with one attached hydrogen (secondary N) is 2. The van der Waals surface area contributed by atoms with Gasteiger partial charge in [0.1, 0.15) is 5.82 Å². The fourth-order valence-corrected chi connectivity index (χ4v) is 3.67. The Morgan fingerprint density at radius 1 is 1.29 bits per heavy atom. The molecule has 2 aliphatic rings. The van der Waals surface area contributed by atoms with Crippen LogP contribution < -0.4 is 21.1 Å². The first kappa shape index (κ1) is 18.5. The van der Waals surface area contributed by atoms with Gasteiger partial charge in [0.25, 0.3) is 5.56 Å². The second kappa shape index (κ2) is 7.61. The summed E-state index contributed by atoms with van der Waals surface area (Å²) in [6.07, 6.45) is 6.90. The standard InChI is InChI=1S/C20H24FN5O2/c1-25-10-8-22-18(19(25)27)26-9-2-3-15(12-26)24-20(28)23-14-6-7-17(21)16(11-14)13-4-5-13/h6-8,10-11,13,15H,2-5,9,12H2,1H3,(H2,23,24,28). The highest BCUT2D eigenvalue weighted by Gasteiger charge is 2.27. The van der Waals surface area contributed by atoms with Crippen molar-refractivity contribution in [1.29, 1.82) is 0 Å². The fraction of sp³-hybridized carbons (Fsp3) is 0.450. The summed E-state index contributed by atoms with van der Waals surface area (Å²) in [6.45, 7) is 1.26. The Bertz CT molecular complexity index is 940. The molecule has 1 unspecified atom stereocenters. The van der Waals surface area contributed by atoms with Crippen LogP contribution in [0.5, 0.6) is 0 Å². The van der Waals surface area contributed by atoms with Crippen molar-refractivity contribution in [2.45, 2.75) is 37.6 Å². The minimum absolute atomic E-state index is 0.0937. The van der Waals surface area contributed by atoms with Crippen molar-refractivity contribution in [3.05, 3.63) is 52.3 Å². The van der Waals surface area contributed by atoms with Crippen molar-refractivity contribution in [3.8, 4) is 0 Å². The van der Waals surface area contributed by atoms with E-state index in [2.05, 4.69) is 15.6 Å². The third kappa shape index (κ3) is 4.00. The average molecular weight is 385 g/mol. The first-order valence-electron chi connectivity index (χ1n) is 9.65. The fourth-order valence-electron chi connectivity index (χ4n) is 3.67. The van der Waals surface area contributed by atoms with Crippen LogP contribution in [-0.4, -0.2) is 34.7 Å². The van der Waals surface area contributed by atoms with Crippen LogP contribution in [0, 0.1) is 5.82 Å². The summed E-state index contributed by atoms with van der Waals surface area (Å²) in [7, 11) is 1.69. The molecule has 2 aromatic rings. The van der Waals surface area contributed by atoms with Gasteiger partial charge in [-0.05, 0) is 55.4 Å². The predicted octanol–water partition coefficient (Wildman–Crippen LogP) is 2.59. The number of urea groups is 1. The van der Waals surface area contributed by atoms with E-state index in [-0.39, 0.29) is 29.4 Å². The molecule has 4 rings (SSSR count). The van der Waals surface area contributed by atoms with Crippen molar-refractivity contribution in [1.82, 2.24) is 14.9 Å². The highest BCUT2D eigenvalue weighted by atomic mass is 19.1. The molecule has 2 amide bonds. The molecule has 7 nitrogen and oxygen atoms in total. The van der Waals surface area contributed by atoms with E-state index in [1.165, 1.54) is 10.6 Å². The predicted molar refractivity (Wildman–Crippen MR) is 105 cm³/mol. The molecule has 1 aliphatic carbocycles. The van der Waals surface area contributed by atoms with Crippen molar-refractivity contribution in [2.75, 3.05) is 23.3 Å². The smallest absolute Gasteiger partial charge is 0.319 e. The van der Waals surface area contributed by atoms with Crippen LogP contribution in [0.4, 0.5) is 20.7 Å². The molecule has 2 heterocycles. The summed E-state index contributed by atoms with van der Waals surface area (Å²) in [4.78, 5) is 30.8. The number of nitrogens with zero attached hydrogens (tertiary/aromatic N) is 3. The van der Waals surface area contributed by atoms with Gasteiger partial charge in [-0.25, -0.2) is 14.2 Å². The molecule has 148 valence electrons. The van der Waals surface area contributed by atoms with Gasteiger partial charge >= 0.3 is 6.03 Å². The number of halogens is 1. The Hall–Kier alpha value is -2.90. The summed E-state index contributed by atoms with van der Waals surface area (Å²) in [5.74, 6) is 0.468. The lowest BCUT2D eigenvalue weighted by atomic mass is 10.1. The number of hydrogen-bond acceptors (Lipinski definition) is 4. The Kier molecular flexibility index (Phi) is 5.02. The number of benzene rings is 1. The van der Waals surface area contributed by atoms with Crippen molar-refractivity contribution in [3.63, 3.8) is 0 Å². The van der Waals surface area contributed by atoms with Crippen LogP contribution >= 0.6 is 0 Å². The largest absolute Gasteiger partial charge is 0.350 e. The number of carbonyl (C=O) groups excluding carboxylic acids is 1. The molecule has 8 heteroatoms. The van der Waals surface area contributed by atoms with Crippen molar-refractivity contribution < 1.29 is 9.18 Å². The van der Waals surface area contributed by atoms with Gasteiger partial charge in [-0.2, -0.15) is 0 Å². The van der Waals surface area contributed by atoms with E-state index in [0.29, 0.717) is 23.6 Å². The van der Waals surface area contributed by atoms with Crippen LogP contribution in [0.25, 0.3) is 0 Å². The number of aromatic nitrogens is 2. The maximum absolute atomic E-state index is 13.9. The van der Waals surface area contributed by atoms with E-state index < -0.39 is 0 Å². The SMILES string of the molecule is Cn1ccnc(N2CCCC(NC(=O)Nc3ccc(F)c(C4CC4)c3)C2)c1=O. The maximum atomic E-state index is 13.9. The van der Waals surface area contributed by atoms with Crippen LogP contribution in [0.2, 0.25) is 0 Å². The molecule has 28 heavy (non-hydrogen) atoms. The topological polar surface area (TPSA) is 79.3 Å². The van der Waals surface area contributed by atoms with E-state index in [1.807, 2.05) is 4.90 Å². The minimum Gasteiger partial charge on any atom is -0.350 e. The Morgan fingerprint density at radius 2 is 2.11 bits per heavy atom. The first-order valence-corrected chi connectivity index (χ1v) is 9.65. The number of anilines is 2. The molecular formula is C20H24FN5O2. The summed E-state index contributed by atoms with van der Waals surface area (Å²) in [5.41, 5.74) is 1.12. The van der Waals surface area contributed by atoms with Gasteiger partial charge < -0.3 is 20.1 Å². The summed E-state index contributed by atoms with van der Waals surface area (Å²) in [5, 5.41) is 5.76. The molecule has 2 N–H and O–H groups in total. The highest BCUT2D eigenvalue weighted by Crippen LogP contribution is 2.42. The Balaban J connectivity index is 1.38. The normalized spacial score (nSPS) is 19.4. The van der Waals surface area contributed by atoms with Gasteiger partial charge in [-0.15, -0.1) is 0 Å². The third-order valence-corrected chi connectivity index (χ3v) is 5.33. The van der Waals surface area contributed by atoms with E-state index in [0.717, 1.165) is 32.2 Å². The lowest BCUT2D eigenvalue weighted by Gasteiger charge is -2.33. The zero-order chi connectivity index (χ0) is 19.7. The van der Waals surface area contributed by atoms with E-state index in [9.17, 15) is 14.0 Å². The van der Waals surface area contributed by atoms with Crippen LogP contribution in [0.3, 0.4) is 0 Å². The summed E-state index contributed by atoms with van der Waals surface area (Å²) in [6, 6.07) is 4.28. The maximum Gasteiger partial charge on any atom is 0.319 e. The van der Waals surface area contributed by atoms with Crippen LogP contribution in [0.15, 0.2) is 35.4 Å². The van der Waals surface area contributed by atoms with E-state index in [1.54, 1.807) is 31.6 Å². The van der Waals surface area contributed by atoms with Gasteiger partial charge in [0.15, 0.2) is 5.82 Å². The van der Waals surface area contributed by atoms with Gasteiger partial charge in [0.2, 0.25) is 0 Å². The van der Waals surface area contributed by atoms with Gasteiger partial charge in [0, 0.05) is 44.3 Å². The third-order valence-electron chi connectivity index (χ3n) is 5.33. The van der Waals surface area contributed by atoms with Gasteiger partial charge in [-0.1, -0.05) is 0 Å². The van der Waals surface area contributed by atoms with E-state index in [4.69, 9.17) is 0 Å². The lowest BCUT2D eigenvalue weighted by molar-refractivity contribution is 0.246. The summed E-state index contributed by atoms with van der Waals surface area (Å²) < 4.78 is 15.4. The molecule has 0 spiro atoms. The number of piperidine rings is 1. The monoisotopic (exact) mass is 385 g/mol. The van der Waals surface area contributed by atoms with Gasteiger partial charge in [0.05, 0.1) is 0 Å². The zero-order valence-corrected chi connectivity index (χ0v) is 15.8. The second-order valence-corrected chi connectivity index (χ2v) is 7.56. The second-order valence-electron chi connectivity index (χ2n) is 7.56. The molecule has 0 radical (unpaired) electrons. The Morgan fingerprint density at radius 3 is 2.89 bits per heavy atom. The molecule has 2 fully saturated rings. The minimum atomic E-state index is -0.325. The van der Waals surface area contributed by atoms with Crippen molar-refractivity contribution >= 4 is 17.5 Å². The Labute approximate surface area is 162 Å². The van der Waals surface area contributed by atoms with Gasteiger partial charge in [-0.3, -0.25) is 4.79 Å². The van der Waals surface area contributed by atoms with Crippen LogP contribution in [0.1, 0.15) is 37.2 Å². The zero-order valence-electron chi connectivity index (χ0n) is 15.8. The molecule has 1 aromatic heterocycles. The van der Waals surface area contributed by atoms with Crippen molar-refractivity contribution in [2.24, 2.45) is 7.05 Å². The van der Waals surface area contributed by atoms with E-state index >= 15 is 0 Å². The summed E-state index contributed by atoms with van der Waals surface area (Å²) >= 11 is 0. The number of carbonyl (C=O) groups is 1.